The molecule has 2 N–H and O–H groups in total. The van der Waals surface area contributed by atoms with Crippen LogP contribution in [0.1, 0.15) is 33.3 Å². The van der Waals surface area contributed by atoms with Gasteiger partial charge in [0.05, 0.1) is 5.92 Å². The summed E-state index contributed by atoms with van der Waals surface area (Å²) in [5, 5.41) is 11.7. The van der Waals surface area contributed by atoms with Crippen LogP contribution in [0.3, 0.4) is 0 Å². The maximum absolute atomic E-state index is 11.9. The summed E-state index contributed by atoms with van der Waals surface area (Å²) in [6, 6.07) is 7.34. The number of aliphatic carboxylic acids is 1. The molecule has 1 aromatic carbocycles. The normalized spacial score (nSPS) is 13.8. The van der Waals surface area contributed by atoms with Gasteiger partial charge in [-0.1, -0.05) is 39.8 Å². The average Bonchev–Trinajstić information content (AvgIpc) is 2.39. The summed E-state index contributed by atoms with van der Waals surface area (Å²) in [5.41, 5.74) is 1.70. The summed E-state index contributed by atoms with van der Waals surface area (Å²) in [6.45, 7) is 7.62. The van der Waals surface area contributed by atoms with E-state index in [4.69, 9.17) is 5.11 Å². The Morgan fingerprint density at radius 1 is 1.10 bits per heavy atom. The van der Waals surface area contributed by atoms with Gasteiger partial charge in [-0.3, -0.25) is 9.59 Å². The van der Waals surface area contributed by atoms with Crippen molar-refractivity contribution in [1.82, 2.24) is 0 Å². The molecule has 110 valence electrons. The van der Waals surface area contributed by atoms with Gasteiger partial charge in [-0.05, 0) is 30.0 Å². The van der Waals surface area contributed by atoms with Crippen LogP contribution in [0, 0.1) is 17.8 Å². The lowest BCUT2D eigenvalue weighted by molar-refractivity contribution is -0.141. The number of benzene rings is 1. The summed E-state index contributed by atoms with van der Waals surface area (Å²) in [5.74, 6) is -0.941. The SMILES string of the molecule is CC(Cc1ccc(NC(=O)C(C)C(C)C)cc1)C(=O)O. The van der Waals surface area contributed by atoms with Crippen LogP contribution in [0.15, 0.2) is 24.3 Å². The van der Waals surface area contributed by atoms with E-state index in [9.17, 15) is 9.59 Å². The minimum absolute atomic E-state index is 0.00616. The van der Waals surface area contributed by atoms with E-state index in [0.717, 1.165) is 11.3 Å². The fourth-order valence-electron chi connectivity index (χ4n) is 1.72. The number of amides is 1. The molecule has 2 atom stereocenters. The van der Waals surface area contributed by atoms with Gasteiger partial charge in [0.25, 0.3) is 0 Å². The Morgan fingerprint density at radius 3 is 2.10 bits per heavy atom. The second-order valence-corrected chi connectivity index (χ2v) is 5.66. The number of nitrogens with one attached hydrogen (secondary N) is 1. The van der Waals surface area contributed by atoms with Crippen LogP contribution < -0.4 is 5.32 Å². The van der Waals surface area contributed by atoms with Crippen LogP contribution >= 0.6 is 0 Å². The van der Waals surface area contributed by atoms with Gasteiger partial charge in [-0.25, -0.2) is 0 Å². The topological polar surface area (TPSA) is 66.4 Å². The Kier molecular flexibility index (Phi) is 5.74. The van der Waals surface area contributed by atoms with Crippen molar-refractivity contribution in [1.29, 1.82) is 0 Å². The molecule has 1 rings (SSSR count). The third kappa shape index (κ3) is 4.68. The van der Waals surface area contributed by atoms with Gasteiger partial charge in [0.1, 0.15) is 0 Å². The number of carbonyl (C=O) groups is 2. The molecule has 1 amide bonds. The minimum atomic E-state index is -0.798. The van der Waals surface area contributed by atoms with Gasteiger partial charge in [0, 0.05) is 11.6 Å². The first kappa shape index (κ1) is 16.2. The van der Waals surface area contributed by atoms with Gasteiger partial charge < -0.3 is 10.4 Å². The molecule has 0 spiro atoms. The second-order valence-electron chi connectivity index (χ2n) is 5.66. The summed E-state index contributed by atoms with van der Waals surface area (Å²) < 4.78 is 0. The van der Waals surface area contributed by atoms with Crippen molar-refractivity contribution in [3.63, 3.8) is 0 Å². The Balaban J connectivity index is 2.63. The van der Waals surface area contributed by atoms with E-state index in [-0.39, 0.29) is 11.8 Å². The summed E-state index contributed by atoms with van der Waals surface area (Å²) in [4.78, 5) is 22.7. The van der Waals surface area contributed by atoms with Crippen molar-refractivity contribution in [3.05, 3.63) is 29.8 Å². The van der Waals surface area contributed by atoms with Crippen molar-refractivity contribution in [2.45, 2.75) is 34.1 Å². The number of carboxylic acid groups (broad SMARTS) is 1. The highest BCUT2D eigenvalue weighted by Crippen LogP contribution is 2.16. The number of anilines is 1. The lowest BCUT2D eigenvalue weighted by Crippen LogP contribution is -2.24. The maximum atomic E-state index is 11.9. The number of hydrogen-bond donors (Lipinski definition) is 2. The van der Waals surface area contributed by atoms with E-state index in [2.05, 4.69) is 5.32 Å². The Bertz CT molecular complexity index is 465. The molecule has 0 aliphatic rings. The van der Waals surface area contributed by atoms with E-state index in [1.165, 1.54) is 0 Å². The summed E-state index contributed by atoms with van der Waals surface area (Å²) >= 11 is 0. The number of carbonyl (C=O) groups excluding carboxylic acids is 1. The predicted octanol–water partition coefficient (Wildman–Crippen LogP) is 3.18. The van der Waals surface area contributed by atoms with E-state index < -0.39 is 11.9 Å². The summed E-state index contributed by atoms with van der Waals surface area (Å²) in [7, 11) is 0. The molecule has 0 aliphatic carbocycles. The highest BCUT2D eigenvalue weighted by Gasteiger charge is 2.16. The monoisotopic (exact) mass is 277 g/mol. The zero-order valence-electron chi connectivity index (χ0n) is 12.5. The first-order valence-corrected chi connectivity index (χ1v) is 6.94. The zero-order chi connectivity index (χ0) is 15.3. The van der Waals surface area contributed by atoms with Crippen molar-refractivity contribution >= 4 is 17.6 Å². The van der Waals surface area contributed by atoms with Crippen LogP contribution in [-0.2, 0) is 16.0 Å². The molecule has 0 aromatic heterocycles. The largest absolute Gasteiger partial charge is 0.481 e. The third-order valence-electron chi connectivity index (χ3n) is 3.60. The third-order valence-corrected chi connectivity index (χ3v) is 3.60. The van der Waals surface area contributed by atoms with Gasteiger partial charge in [-0.15, -0.1) is 0 Å². The van der Waals surface area contributed by atoms with E-state index >= 15 is 0 Å². The lowest BCUT2D eigenvalue weighted by Gasteiger charge is -2.15. The highest BCUT2D eigenvalue weighted by molar-refractivity contribution is 5.92. The molecule has 1 aromatic rings. The first-order chi connectivity index (χ1) is 9.31. The standard InChI is InChI=1S/C16H23NO3/c1-10(2)12(4)15(18)17-14-7-5-13(6-8-14)9-11(3)16(19)20/h5-8,10-12H,9H2,1-4H3,(H,17,18)(H,19,20). The molecular weight excluding hydrogens is 254 g/mol. The van der Waals surface area contributed by atoms with Gasteiger partial charge in [-0.2, -0.15) is 0 Å². The average molecular weight is 277 g/mol. The van der Waals surface area contributed by atoms with Gasteiger partial charge in [0.2, 0.25) is 5.91 Å². The van der Waals surface area contributed by atoms with Crippen LogP contribution in [0.5, 0.6) is 0 Å². The molecule has 0 fully saturated rings. The maximum Gasteiger partial charge on any atom is 0.306 e. The Morgan fingerprint density at radius 2 is 1.65 bits per heavy atom. The van der Waals surface area contributed by atoms with Crippen LogP contribution in [0.25, 0.3) is 0 Å². The van der Waals surface area contributed by atoms with Gasteiger partial charge >= 0.3 is 5.97 Å². The molecule has 4 heteroatoms. The molecule has 20 heavy (non-hydrogen) atoms. The molecule has 0 bridgehead atoms. The van der Waals surface area contributed by atoms with Crippen molar-refractivity contribution in [2.75, 3.05) is 5.32 Å². The first-order valence-electron chi connectivity index (χ1n) is 6.94. The molecular formula is C16H23NO3. The predicted molar refractivity (Wildman–Crippen MR) is 79.6 cm³/mol. The van der Waals surface area contributed by atoms with Crippen molar-refractivity contribution < 1.29 is 14.7 Å². The van der Waals surface area contributed by atoms with E-state index in [1.807, 2.05) is 45.0 Å². The fourth-order valence-corrected chi connectivity index (χ4v) is 1.72. The van der Waals surface area contributed by atoms with E-state index in [1.54, 1.807) is 6.92 Å². The summed E-state index contributed by atoms with van der Waals surface area (Å²) in [6.07, 6.45) is 0.492. The zero-order valence-corrected chi connectivity index (χ0v) is 12.5. The molecule has 2 unspecified atom stereocenters. The second kappa shape index (κ2) is 7.08. The molecule has 4 nitrogen and oxygen atoms in total. The Labute approximate surface area is 120 Å². The molecule has 0 saturated carbocycles. The van der Waals surface area contributed by atoms with Gasteiger partial charge in [0.15, 0.2) is 0 Å². The van der Waals surface area contributed by atoms with Crippen LogP contribution in [0.4, 0.5) is 5.69 Å². The molecule has 0 radical (unpaired) electrons. The number of rotatable bonds is 6. The highest BCUT2D eigenvalue weighted by atomic mass is 16.4. The van der Waals surface area contributed by atoms with Crippen molar-refractivity contribution in [2.24, 2.45) is 17.8 Å². The molecule has 0 aliphatic heterocycles. The number of carboxylic acids is 1. The van der Waals surface area contributed by atoms with Crippen LogP contribution in [-0.4, -0.2) is 17.0 Å². The number of hydrogen-bond acceptors (Lipinski definition) is 2. The van der Waals surface area contributed by atoms with E-state index in [0.29, 0.717) is 12.3 Å². The molecule has 0 heterocycles. The van der Waals surface area contributed by atoms with Crippen molar-refractivity contribution in [3.8, 4) is 0 Å². The fraction of sp³-hybridized carbons (Fsp3) is 0.500. The molecule has 0 saturated heterocycles. The smallest absolute Gasteiger partial charge is 0.306 e. The minimum Gasteiger partial charge on any atom is -0.481 e. The van der Waals surface area contributed by atoms with Crippen LogP contribution in [0.2, 0.25) is 0 Å². The lowest BCUT2D eigenvalue weighted by atomic mass is 9.97. The quantitative estimate of drug-likeness (QED) is 0.839. The Hall–Kier alpha value is -1.84.